The summed E-state index contributed by atoms with van der Waals surface area (Å²) in [6.45, 7) is 5.29. The van der Waals surface area contributed by atoms with Crippen LogP contribution in [0, 0.1) is 6.92 Å². The van der Waals surface area contributed by atoms with Crippen LogP contribution in [0.25, 0.3) is 0 Å². The lowest BCUT2D eigenvalue weighted by molar-refractivity contribution is 0.262. The van der Waals surface area contributed by atoms with Crippen LogP contribution in [0.3, 0.4) is 0 Å². The zero-order valence-corrected chi connectivity index (χ0v) is 9.60. The third-order valence-corrected chi connectivity index (χ3v) is 3.30. The van der Waals surface area contributed by atoms with Gasteiger partial charge in [-0.15, -0.1) is 11.3 Å². The summed E-state index contributed by atoms with van der Waals surface area (Å²) in [5.41, 5.74) is 2.99. The quantitative estimate of drug-likeness (QED) is 0.757. The number of aryl methyl sites for hydroxylation is 1. The number of nitrogens with one attached hydrogen (secondary N) is 1. The van der Waals surface area contributed by atoms with Gasteiger partial charge in [-0.2, -0.15) is 0 Å². The maximum absolute atomic E-state index is 8.83. The van der Waals surface area contributed by atoms with E-state index < -0.39 is 0 Å². The standard InChI is InChI=1S/C10H18N2OS/c1-3-9(4-5-13)11-6-10-8(2)12-7-14-10/h7,9,11,13H,3-6H2,1-2H3. The fourth-order valence-corrected chi connectivity index (χ4v) is 2.07. The Labute approximate surface area is 89.2 Å². The Morgan fingerprint density at radius 1 is 1.64 bits per heavy atom. The molecule has 0 saturated carbocycles. The highest BCUT2D eigenvalue weighted by Gasteiger charge is 2.06. The SMILES string of the molecule is CCC(CCO)NCc1scnc1C. The molecule has 80 valence electrons. The van der Waals surface area contributed by atoms with Crippen LogP contribution < -0.4 is 5.32 Å². The summed E-state index contributed by atoms with van der Waals surface area (Å²) < 4.78 is 0. The van der Waals surface area contributed by atoms with E-state index in [2.05, 4.69) is 17.2 Å². The monoisotopic (exact) mass is 214 g/mol. The minimum Gasteiger partial charge on any atom is -0.396 e. The number of aromatic nitrogens is 1. The number of rotatable bonds is 6. The maximum atomic E-state index is 8.83. The normalized spacial score (nSPS) is 13.1. The minimum absolute atomic E-state index is 0.257. The predicted molar refractivity (Wildman–Crippen MR) is 59.5 cm³/mol. The second-order valence-electron chi connectivity index (χ2n) is 3.36. The first kappa shape index (κ1) is 11.6. The van der Waals surface area contributed by atoms with Gasteiger partial charge in [0, 0.05) is 24.1 Å². The van der Waals surface area contributed by atoms with E-state index in [0.717, 1.165) is 25.1 Å². The van der Waals surface area contributed by atoms with Gasteiger partial charge in [-0.05, 0) is 19.8 Å². The summed E-state index contributed by atoms with van der Waals surface area (Å²) >= 11 is 1.68. The highest BCUT2D eigenvalue weighted by molar-refractivity contribution is 7.09. The second kappa shape index (κ2) is 6.11. The number of thiazole rings is 1. The smallest absolute Gasteiger partial charge is 0.0798 e. The van der Waals surface area contributed by atoms with E-state index >= 15 is 0 Å². The van der Waals surface area contributed by atoms with Gasteiger partial charge in [-0.25, -0.2) is 4.98 Å². The third kappa shape index (κ3) is 3.36. The van der Waals surface area contributed by atoms with Crippen molar-refractivity contribution < 1.29 is 5.11 Å². The van der Waals surface area contributed by atoms with Crippen LogP contribution >= 0.6 is 11.3 Å². The molecule has 1 heterocycles. The van der Waals surface area contributed by atoms with E-state index in [4.69, 9.17) is 5.11 Å². The number of nitrogens with zero attached hydrogens (tertiary/aromatic N) is 1. The van der Waals surface area contributed by atoms with Crippen molar-refractivity contribution in [3.8, 4) is 0 Å². The molecule has 1 unspecified atom stereocenters. The molecule has 14 heavy (non-hydrogen) atoms. The van der Waals surface area contributed by atoms with Gasteiger partial charge >= 0.3 is 0 Å². The molecule has 0 spiro atoms. The lowest BCUT2D eigenvalue weighted by Crippen LogP contribution is -2.28. The van der Waals surface area contributed by atoms with Gasteiger partial charge in [0.25, 0.3) is 0 Å². The molecule has 1 rings (SSSR count). The Bertz CT molecular complexity index is 262. The average molecular weight is 214 g/mol. The van der Waals surface area contributed by atoms with Crippen LogP contribution in [0.4, 0.5) is 0 Å². The average Bonchev–Trinajstić information content (AvgIpc) is 2.59. The summed E-state index contributed by atoms with van der Waals surface area (Å²) in [5, 5.41) is 12.3. The molecule has 3 nitrogen and oxygen atoms in total. The summed E-state index contributed by atoms with van der Waals surface area (Å²) in [7, 11) is 0. The Morgan fingerprint density at radius 2 is 2.43 bits per heavy atom. The van der Waals surface area contributed by atoms with Gasteiger partial charge in [-0.1, -0.05) is 6.92 Å². The zero-order valence-electron chi connectivity index (χ0n) is 8.79. The van der Waals surface area contributed by atoms with Crippen molar-refractivity contribution in [2.24, 2.45) is 0 Å². The molecule has 0 bridgehead atoms. The van der Waals surface area contributed by atoms with Crippen molar-refractivity contribution in [1.29, 1.82) is 0 Å². The first-order valence-corrected chi connectivity index (χ1v) is 5.89. The predicted octanol–water partition coefficient (Wildman–Crippen LogP) is 1.70. The zero-order chi connectivity index (χ0) is 10.4. The van der Waals surface area contributed by atoms with Crippen molar-refractivity contribution in [2.45, 2.75) is 39.3 Å². The van der Waals surface area contributed by atoms with Gasteiger partial charge in [-0.3, -0.25) is 0 Å². The molecule has 1 aromatic heterocycles. The topological polar surface area (TPSA) is 45.1 Å². The fraction of sp³-hybridized carbons (Fsp3) is 0.700. The van der Waals surface area contributed by atoms with Gasteiger partial charge in [0.05, 0.1) is 11.2 Å². The molecule has 0 fully saturated rings. The van der Waals surface area contributed by atoms with Crippen LogP contribution in [-0.2, 0) is 6.54 Å². The van der Waals surface area contributed by atoms with E-state index in [9.17, 15) is 0 Å². The van der Waals surface area contributed by atoms with E-state index in [0.29, 0.717) is 6.04 Å². The van der Waals surface area contributed by atoms with Gasteiger partial charge in [0.2, 0.25) is 0 Å². The lowest BCUT2D eigenvalue weighted by Gasteiger charge is -2.14. The van der Waals surface area contributed by atoms with Crippen molar-refractivity contribution in [3.05, 3.63) is 16.1 Å². The molecule has 4 heteroatoms. The molecule has 0 saturated heterocycles. The Hall–Kier alpha value is -0.450. The highest BCUT2D eigenvalue weighted by Crippen LogP contribution is 2.12. The van der Waals surface area contributed by atoms with E-state index in [1.54, 1.807) is 11.3 Å². The first-order valence-electron chi connectivity index (χ1n) is 5.01. The molecule has 0 radical (unpaired) electrons. The van der Waals surface area contributed by atoms with Crippen LogP contribution in [0.15, 0.2) is 5.51 Å². The van der Waals surface area contributed by atoms with Crippen LogP contribution in [0.1, 0.15) is 30.3 Å². The fourth-order valence-electron chi connectivity index (χ4n) is 1.34. The molecular weight excluding hydrogens is 196 g/mol. The molecule has 0 aliphatic heterocycles. The van der Waals surface area contributed by atoms with E-state index in [1.165, 1.54) is 4.88 Å². The Morgan fingerprint density at radius 3 is 2.93 bits per heavy atom. The molecule has 0 aliphatic rings. The van der Waals surface area contributed by atoms with Crippen LogP contribution in [-0.4, -0.2) is 22.7 Å². The molecule has 0 amide bonds. The van der Waals surface area contributed by atoms with Gasteiger partial charge in [0.1, 0.15) is 0 Å². The molecule has 1 aromatic rings. The molecule has 0 aromatic carbocycles. The number of aliphatic hydroxyl groups excluding tert-OH is 1. The minimum atomic E-state index is 0.257. The third-order valence-electron chi connectivity index (χ3n) is 2.37. The van der Waals surface area contributed by atoms with Crippen LogP contribution in [0.5, 0.6) is 0 Å². The second-order valence-corrected chi connectivity index (χ2v) is 4.30. The molecular formula is C10H18N2OS. The van der Waals surface area contributed by atoms with Crippen LogP contribution in [0.2, 0.25) is 0 Å². The van der Waals surface area contributed by atoms with Crippen molar-refractivity contribution in [1.82, 2.24) is 10.3 Å². The highest BCUT2D eigenvalue weighted by atomic mass is 32.1. The Kier molecular flexibility index (Phi) is 5.07. The number of hydrogen-bond acceptors (Lipinski definition) is 4. The molecule has 1 atom stereocenters. The maximum Gasteiger partial charge on any atom is 0.0798 e. The first-order chi connectivity index (χ1) is 6.77. The molecule has 0 aliphatic carbocycles. The lowest BCUT2D eigenvalue weighted by atomic mass is 10.1. The van der Waals surface area contributed by atoms with Crippen molar-refractivity contribution in [2.75, 3.05) is 6.61 Å². The summed E-state index contributed by atoms with van der Waals surface area (Å²) in [4.78, 5) is 5.49. The Balaban J connectivity index is 2.35. The van der Waals surface area contributed by atoms with Gasteiger partial charge in [0.15, 0.2) is 0 Å². The van der Waals surface area contributed by atoms with E-state index in [-0.39, 0.29) is 6.61 Å². The largest absolute Gasteiger partial charge is 0.396 e. The van der Waals surface area contributed by atoms with Crippen molar-refractivity contribution >= 4 is 11.3 Å². The summed E-state index contributed by atoms with van der Waals surface area (Å²) in [6, 6.07) is 0.418. The van der Waals surface area contributed by atoms with Gasteiger partial charge < -0.3 is 10.4 Å². The van der Waals surface area contributed by atoms with Crippen molar-refractivity contribution in [3.63, 3.8) is 0 Å². The number of aliphatic hydroxyl groups is 1. The molecule has 2 N–H and O–H groups in total. The van der Waals surface area contributed by atoms with E-state index in [1.807, 2.05) is 12.4 Å². The number of hydrogen-bond donors (Lipinski definition) is 2. The summed E-state index contributed by atoms with van der Waals surface area (Å²) in [6.07, 6.45) is 1.88. The summed E-state index contributed by atoms with van der Waals surface area (Å²) in [5.74, 6) is 0.